The van der Waals surface area contributed by atoms with Crippen LogP contribution in [0.4, 0.5) is 0 Å². The van der Waals surface area contributed by atoms with Gasteiger partial charge in [-0.25, -0.2) is 0 Å². The number of carbonyl (C=O) groups is 1. The standard InChI is InChI=1S/C22H46NO7P/c1-6-8-9-10-11-12-13-14-17-27-19-21(30-22(24)15-7-2)20-29-31(25,26)28-18-16-23(3,4)5/h21H,6-20H2,1-5H3. The van der Waals surface area contributed by atoms with Gasteiger partial charge >= 0.3 is 5.97 Å². The number of nitrogens with zero attached hydrogens (tertiary/aromatic N) is 1. The first-order valence-electron chi connectivity index (χ1n) is 11.8. The van der Waals surface area contributed by atoms with Crippen LogP contribution in [-0.4, -0.2) is 70.7 Å². The topological polar surface area (TPSA) is 94.1 Å². The lowest BCUT2D eigenvalue weighted by molar-refractivity contribution is -0.870. The van der Waals surface area contributed by atoms with E-state index >= 15 is 0 Å². The second-order valence-electron chi connectivity index (χ2n) is 9.00. The first-order valence-corrected chi connectivity index (χ1v) is 13.2. The Morgan fingerprint density at radius 3 is 2.06 bits per heavy atom. The number of carbonyl (C=O) groups excluding carboxylic acids is 1. The molecule has 0 aromatic heterocycles. The van der Waals surface area contributed by atoms with Crippen LogP contribution in [0.3, 0.4) is 0 Å². The van der Waals surface area contributed by atoms with Crippen molar-refractivity contribution in [1.82, 2.24) is 0 Å². The van der Waals surface area contributed by atoms with Gasteiger partial charge in [-0.3, -0.25) is 9.36 Å². The van der Waals surface area contributed by atoms with Gasteiger partial charge in [0.25, 0.3) is 7.82 Å². The van der Waals surface area contributed by atoms with Gasteiger partial charge in [0.2, 0.25) is 0 Å². The van der Waals surface area contributed by atoms with Crippen LogP contribution in [0, 0.1) is 0 Å². The van der Waals surface area contributed by atoms with E-state index in [4.69, 9.17) is 18.5 Å². The molecule has 0 N–H and O–H groups in total. The average Bonchev–Trinajstić information content (AvgIpc) is 2.66. The molecule has 8 nitrogen and oxygen atoms in total. The molecule has 0 bridgehead atoms. The van der Waals surface area contributed by atoms with E-state index in [1.54, 1.807) is 0 Å². The first kappa shape index (κ1) is 30.5. The lowest BCUT2D eigenvalue weighted by Gasteiger charge is -2.28. The molecule has 186 valence electrons. The minimum absolute atomic E-state index is 0.0273. The van der Waals surface area contributed by atoms with Crippen molar-refractivity contribution in [2.24, 2.45) is 0 Å². The maximum absolute atomic E-state index is 12.0. The Morgan fingerprint density at radius 1 is 0.871 bits per heavy atom. The van der Waals surface area contributed by atoms with Crippen LogP contribution in [0.5, 0.6) is 0 Å². The molecule has 0 saturated carbocycles. The summed E-state index contributed by atoms with van der Waals surface area (Å²) in [6.45, 7) is 4.98. The predicted octanol–water partition coefficient (Wildman–Crippen LogP) is 4.06. The second-order valence-corrected chi connectivity index (χ2v) is 10.4. The number of phosphoric ester groups is 1. The molecule has 0 amide bonds. The highest BCUT2D eigenvalue weighted by Crippen LogP contribution is 2.38. The Morgan fingerprint density at radius 2 is 1.48 bits per heavy atom. The lowest BCUT2D eigenvalue weighted by Crippen LogP contribution is -2.37. The molecule has 9 heteroatoms. The van der Waals surface area contributed by atoms with Crippen molar-refractivity contribution in [2.45, 2.75) is 84.2 Å². The molecule has 0 aliphatic heterocycles. The fourth-order valence-electron chi connectivity index (χ4n) is 2.76. The van der Waals surface area contributed by atoms with Gasteiger partial charge in [0.15, 0.2) is 0 Å². The van der Waals surface area contributed by atoms with E-state index < -0.39 is 19.9 Å². The number of quaternary nitrogens is 1. The van der Waals surface area contributed by atoms with Gasteiger partial charge in [-0.05, 0) is 12.8 Å². The van der Waals surface area contributed by atoms with Gasteiger partial charge in [-0.1, -0.05) is 58.8 Å². The Balaban J connectivity index is 4.22. The highest BCUT2D eigenvalue weighted by Gasteiger charge is 2.20. The van der Waals surface area contributed by atoms with Crippen LogP contribution >= 0.6 is 7.82 Å². The molecular weight excluding hydrogens is 421 g/mol. The van der Waals surface area contributed by atoms with Gasteiger partial charge in [-0.2, -0.15) is 0 Å². The molecular formula is C22H46NO7P. The summed E-state index contributed by atoms with van der Waals surface area (Å²) in [5.41, 5.74) is 0. The normalized spacial score (nSPS) is 14.9. The van der Waals surface area contributed by atoms with Crippen LogP contribution in [0.2, 0.25) is 0 Å². The van der Waals surface area contributed by atoms with E-state index in [-0.39, 0.29) is 26.2 Å². The minimum Gasteiger partial charge on any atom is -0.756 e. The smallest absolute Gasteiger partial charge is 0.306 e. The Kier molecular flexibility index (Phi) is 17.7. The van der Waals surface area contributed by atoms with Crippen molar-refractivity contribution < 1.29 is 37.3 Å². The number of esters is 1. The van der Waals surface area contributed by atoms with Crippen LogP contribution in [0.15, 0.2) is 0 Å². The van der Waals surface area contributed by atoms with E-state index in [2.05, 4.69) is 6.92 Å². The second kappa shape index (κ2) is 18.0. The predicted molar refractivity (Wildman–Crippen MR) is 121 cm³/mol. The quantitative estimate of drug-likeness (QED) is 0.109. The van der Waals surface area contributed by atoms with Crippen molar-refractivity contribution in [3.8, 4) is 0 Å². The first-order chi connectivity index (χ1) is 14.6. The van der Waals surface area contributed by atoms with Crippen LogP contribution in [0.25, 0.3) is 0 Å². The number of unbranched alkanes of at least 4 members (excludes halogenated alkanes) is 7. The summed E-state index contributed by atoms with van der Waals surface area (Å²) in [4.78, 5) is 23.8. The van der Waals surface area contributed by atoms with Crippen molar-refractivity contribution in [3.05, 3.63) is 0 Å². The third-order valence-corrected chi connectivity index (χ3v) is 5.59. The number of phosphoric acid groups is 1. The van der Waals surface area contributed by atoms with Gasteiger partial charge in [-0.15, -0.1) is 0 Å². The molecule has 0 radical (unpaired) electrons. The molecule has 0 saturated heterocycles. The zero-order valence-corrected chi connectivity index (χ0v) is 21.3. The Labute approximate surface area is 189 Å². The molecule has 0 heterocycles. The average molecular weight is 468 g/mol. The summed E-state index contributed by atoms with van der Waals surface area (Å²) in [5.74, 6) is -0.390. The molecule has 0 aliphatic carbocycles. The number of hydrogen-bond donors (Lipinski definition) is 0. The van der Waals surface area contributed by atoms with Gasteiger partial charge in [0, 0.05) is 13.0 Å². The molecule has 2 atom stereocenters. The van der Waals surface area contributed by atoms with Crippen LogP contribution in [-0.2, 0) is 27.9 Å². The number of hydrogen-bond acceptors (Lipinski definition) is 7. The summed E-state index contributed by atoms with van der Waals surface area (Å²) in [7, 11) is 1.35. The molecule has 31 heavy (non-hydrogen) atoms. The lowest BCUT2D eigenvalue weighted by atomic mass is 10.1. The monoisotopic (exact) mass is 467 g/mol. The van der Waals surface area contributed by atoms with E-state index in [0.717, 1.165) is 12.8 Å². The molecule has 2 unspecified atom stereocenters. The summed E-state index contributed by atoms with van der Waals surface area (Å²) >= 11 is 0. The summed E-state index contributed by atoms with van der Waals surface area (Å²) < 4.78 is 33.3. The van der Waals surface area contributed by atoms with Gasteiger partial charge < -0.3 is 27.9 Å². The van der Waals surface area contributed by atoms with E-state index in [0.29, 0.717) is 24.1 Å². The van der Waals surface area contributed by atoms with E-state index in [9.17, 15) is 14.3 Å². The van der Waals surface area contributed by atoms with Crippen LogP contribution < -0.4 is 4.89 Å². The highest BCUT2D eigenvalue weighted by molar-refractivity contribution is 7.45. The zero-order chi connectivity index (χ0) is 23.6. The highest BCUT2D eigenvalue weighted by atomic mass is 31.2. The third kappa shape index (κ3) is 21.1. The molecule has 0 spiro atoms. The molecule has 0 aliphatic rings. The van der Waals surface area contributed by atoms with Crippen molar-refractivity contribution in [2.75, 3.05) is 54.1 Å². The third-order valence-electron chi connectivity index (χ3n) is 4.63. The number of ether oxygens (including phenoxy) is 2. The number of likely N-dealkylation sites (N-methyl/N-ethyl adjacent to an activating group) is 1. The van der Waals surface area contributed by atoms with Crippen LogP contribution in [0.1, 0.15) is 78.1 Å². The molecule has 0 rings (SSSR count). The molecule has 0 aromatic rings. The molecule has 0 aromatic carbocycles. The Hall–Kier alpha value is -0.500. The summed E-state index contributed by atoms with van der Waals surface area (Å²) in [6, 6.07) is 0. The largest absolute Gasteiger partial charge is 0.756 e. The minimum atomic E-state index is -4.46. The zero-order valence-electron chi connectivity index (χ0n) is 20.4. The SMILES string of the molecule is CCCCCCCCCCOCC(COP(=O)([O-])OCC[N+](C)(C)C)OC(=O)CCC. The fourth-order valence-corrected chi connectivity index (χ4v) is 3.48. The summed E-state index contributed by atoms with van der Waals surface area (Å²) in [6.07, 6.45) is 9.76. The van der Waals surface area contributed by atoms with Crippen molar-refractivity contribution in [3.63, 3.8) is 0 Å². The molecule has 0 fully saturated rings. The maximum Gasteiger partial charge on any atom is 0.306 e. The van der Waals surface area contributed by atoms with E-state index in [1.807, 2.05) is 28.1 Å². The fraction of sp³-hybridized carbons (Fsp3) is 0.955. The maximum atomic E-state index is 12.0. The van der Waals surface area contributed by atoms with Gasteiger partial charge in [0.1, 0.15) is 19.3 Å². The summed E-state index contributed by atoms with van der Waals surface area (Å²) in [5, 5.41) is 0. The van der Waals surface area contributed by atoms with Crippen molar-refractivity contribution >= 4 is 13.8 Å². The number of rotatable bonds is 21. The van der Waals surface area contributed by atoms with Gasteiger partial charge in [0.05, 0.1) is 34.4 Å². The Bertz CT molecular complexity index is 497. The van der Waals surface area contributed by atoms with E-state index in [1.165, 1.54) is 38.5 Å². The van der Waals surface area contributed by atoms with Crippen molar-refractivity contribution in [1.29, 1.82) is 0 Å².